The molecule has 110 valence electrons. The second-order valence-corrected chi connectivity index (χ2v) is 6.01. The SMILES string of the molecule is CCNCc1cc(Br)cnc1N1CCc2ccc(F)cc21. The van der Waals surface area contributed by atoms with Crippen molar-refractivity contribution in [2.24, 2.45) is 0 Å². The predicted molar refractivity (Wildman–Crippen MR) is 86.4 cm³/mol. The molecule has 5 heteroatoms. The van der Waals surface area contributed by atoms with Gasteiger partial charge in [-0.05, 0) is 52.7 Å². The zero-order chi connectivity index (χ0) is 14.8. The molecule has 0 spiro atoms. The summed E-state index contributed by atoms with van der Waals surface area (Å²) in [6.07, 6.45) is 2.72. The number of nitrogens with one attached hydrogen (secondary N) is 1. The van der Waals surface area contributed by atoms with Crippen LogP contribution < -0.4 is 10.2 Å². The molecule has 0 saturated heterocycles. The maximum absolute atomic E-state index is 13.6. The summed E-state index contributed by atoms with van der Waals surface area (Å²) in [4.78, 5) is 6.67. The topological polar surface area (TPSA) is 28.2 Å². The van der Waals surface area contributed by atoms with Gasteiger partial charge >= 0.3 is 0 Å². The highest BCUT2D eigenvalue weighted by molar-refractivity contribution is 9.10. The van der Waals surface area contributed by atoms with E-state index < -0.39 is 0 Å². The van der Waals surface area contributed by atoms with Crippen molar-refractivity contribution in [2.75, 3.05) is 18.0 Å². The van der Waals surface area contributed by atoms with E-state index in [9.17, 15) is 4.39 Å². The summed E-state index contributed by atoms with van der Waals surface area (Å²) in [5.41, 5.74) is 3.22. The summed E-state index contributed by atoms with van der Waals surface area (Å²) < 4.78 is 14.5. The smallest absolute Gasteiger partial charge is 0.137 e. The van der Waals surface area contributed by atoms with Crippen LogP contribution in [0.4, 0.5) is 15.9 Å². The standard InChI is InChI=1S/C16H17BrFN3/c1-2-19-9-12-7-13(17)10-20-16(12)21-6-5-11-3-4-14(18)8-15(11)21/h3-4,7-8,10,19H,2,5-6,9H2,1H3. The van der Waals surface area contributed by atoms with Crippen LogP contribution in [0.3, 0.4) is 0 Å². The Morgan fingerprint density at radius 3 is 3.05 bits per heavy atom. The number of benzene rings is 1. The van der Waals surface area contributed by atoms with E-state index in [1.54, 1.807) is 12.3 Å². The minimum absolute atomic E-state index is 0.203. The van der Waals surface area contributed by atoms with E-state index in [1.165, 1.54) is 11.6 Å². The van der Waals surface area contributed by atoms with Gasteiger partial charge in [0.15, 0.2) is 0 Å². The molecule has 1 aliphatic rings. The van der Waals surface area contributed by atoms with Crippen LogP contribution in [0.15, 0.2) is 34.9 Å². The third-order valence-electron chi connectivity index (χ3n) is 3.67. The van der Waals surface area contributed by atoms with E-state index in [4.69, 9.17) is 0 Å². The molecular formula is C16H17BrFN3. The van der Waals surface area contributed by atoms with Crippen LogP contribution in [0.25, 0.3) is 0 Å². The monoisotopic (exact) mass is 349 g/mol. The number of fused-ring (bicyclic) bond motifs is 1. The lowest BCUT2D eigenvalue weighted by atomic mass is 10.1. The number of halogens is 2. The first-order chi connectivity index (χ1) is 10.2. The van der Waals surface area contributed by atoms with Crippen molar-refractivity contribution in [3.8, 4) is 0 Å². The molecule has 0 amide bonds. The zero-order valence-corrected chi connectivity index (χ0v) is 13.5. The summed E-state index contributed by atoms with van der Waals surface area (Å²) in [6, 6.07) is 7.07. The lowest BCUT2D eigenvalue weighted by Crippen LogP contribution is -2.20. The number of hydrogen-bond donors (Lipinski definition) is 1. The summed E-state index contributed by atoms with van der Waals surface area (Å²) in [6.45, 7) is 4.56. The molecule has 1 aromatic carbocycles. The highest BCUT2D eigenvalue weighted by Crippen LogP contribution is 2.36. The average molecular weight is 350 g/mol. The third kappa shape index (κ3) is 2.94. The van der Waals surface area contributed by atoms with E-state index in [0.717, 1.165) is 47.6 Å². The molecule has 1 N–H and O–H groups in total. The summed E-state index contributed by atoms with van der Waals surface area (Å²) in [5.74, 6) is 0.703. The van der Waals surface area contributed by atoms with E-state index in [2.05, 4.69) is 44.1 Å². The maximum Gasteiger partial charge on any atom is 0.137 e. The molecule has 1 aromatic heterocycles. The number of pyridine rings is 1. The Hall–Kier alpha value is -1.46. The fraction of sp³-hybridized carbons (Fsp3) is 0.312. The van der Waals surface area contributed by atoms with E-state index in [-0.39, 0.29) is 5.82 Å². The minimum Gasteiger partial charge on any atom is -0.325 e. The Balaban J connectivity index is 2.00. The first-order valence-electron chi connectivity index (χ1n) is 7.10. The lowest BCUT2D eigenvalue weighted by Gasteiger charge is -2.22. The van der Waals surface area contributed by atoms with Gasteiger partial charge in [-0.15, -0.1) is 0 Å². The predicted octanol–water partition coefficient (Wildman–Crippen LogP) is 3.79. The van der Waals surface area contributed by atoms with Crippen LogP contribution >= 0.6 is 15.9 Å². The normalized spacial score (nSPS) is 13.6. The van der Waals surface area contributed by atoms with E-state index in [1.807, 2.05) is 6.07 Å². The van der Waals surface area contributed by atoms with Crippen LogP contribution in [0.1, 0.15) is 18.1 Å². The molecule has 0 bridgehead atoms. The van der Waals surface area contributed by atoms with Gasteiger partial charge < -0.3 is 10.2 Å². The molecule has 0 saturated carbocycles. The molecule has 0 fully saturated rings. The molecule has 0 radical (unpaired) electrons. The van der Waals surface area contributed by atoms with Gasteiger partial charge in [0.1, 0.15) is 11.6 Å². The van der Waals surface area contributed by atoms with Crippen LogP contribution in [0.5, 0.6) is 0 Å². The molecule has 0 aliphatic carbocycles. The van der Waals surface area contributed by atoms with Gasteiger partial charge in [0.25, 0.3) is 0 Å². The number of nitrogens with zero attached hydrogens (tertiary/aromatic N) is 2. The Kier molecular flexibility index (Phi) is 4.22. The van der Waals surface area contributed by atoms with Crippen molar-refractivity contribution in [2.45, 2.75) is 19.9 Å². The number of rotatable bonds is 4. The number of anilines is 2. The third-order valence-corrected chi connectivity index (χ3v) is 4.11. The van der Waals surface area contributed by atoms with Crippen molar-refractivity contribution < 1.29 is 4.39 Å². The van der Waals surface area contributed by atoms with Gasteiger partial charge in [0.05, 0.1) is 0 Å². The summed E-state index contributed by atoms with van der Waals surface area (Å²) in [5, 5.41) is 3.33. The Morgan fingerprint density at radius 2 is 2.24 bits per heavy atom. The van der Waals surface area contributed by atoms with Gasteiger partial charge in [0, 0.05) is 35.0 Å². The molecule has 3 rings (SSSR count). The van der Waals surface area contributed by atoms with Gasteiger partial charge in [-0.3, -0.25) is 0 Å². The largest absolute Gasteiger partial charge is 0.325 e. The highest BCUT2D eigenvalue weighted by atomic mass is 79.9. The van der Waals surface area contributed by atoms with Crippen LogP contribution in [0.2, 0.25) is 0 Å². The highest BCUT2D eigenvalue weighted by Gasteiger charge is 2.23. The fourth-order valence-corrected chi connectivity index (χ4v) is 3.06. The second kappa shape index (κ2) is 6.12. The number of hydrogen-bond acceptors (Lipinski definition) is 3. The quantitative estimate of drug-likeness (QED) is 0.910. The van der Waals surface area contributed by atoms with Crippen molar-refractivity contribution in [3.05, 3.63) is 51.9 Å². The maximum atomic E-state index is 13.6. The van der Waals surface area contributed by atoms with Crippen molar-refractivity contribution >= 4 is 27.4 Å². The Labute approximate surface area is 132 Å². The molecule has 0 unspecified atom stereocenters. The van der Waals surface area contributed by atoms with Crippen molar-refractivity contribution in [1.29, 1.82) is 0 Å². The average Bonchev–Trinajstić information content (AvgIpc) is 2.88. The first-order valence-corrected chi connectivity index (χ1v) is 7.89. The van der Waals surface area contributed by atoms with Gasteiger partial charge in [-0.2, -0.15) is 0 Å². The van der Waals surface area contributed by atoms with Crippen molar-refractivity contribution in [3.63, 3.8) is 0 Å². The zero-order valence-electron chi connectivity index (χ0n) is 11.9. The molecule has 21 heavy (non-hydrogen) atoms. The van der Waals surface area contributed by atoms with Crippen LogP contribution in [-0.2, 0) is 13.0 Å². The molecule has 3 nitrogen and oxygen atoms in total. The Morgan fingerprint density at radius 1 is 1.38 bits per heavy atom. The number of aromatic nitrogens is 1. The van der Waals surface area contributed by atoms with Crippen LogP contribution in [0, 0.1) is 5.82 Å². The molecule has 2 aromatic rings. The van der Waals surface area contributed by atoms with E-state index in [0.29, 0.717) is 0 Å². The molecular weight excluding hydrogens is 333 g/mol. The summed E-state index contributed by atoms with van der Waals surface area (Å²) >= 11 is 3.47. The van der Waals surface area contributed by atoms with Crippen molar-refractivity contribution in [1.82, 2.24) is 10.3 Å². The lowest BCUT2D eigenvalue weighted by molar-refractivity contribution is 0.628. The minimum atomic E-state index is -0.203. The Bertz CT molecular complexity index is 660. The molecule has 2 heterocycles. The van der Waals surface area contributed by atoms with Crippen LogP contribution in [-0.4, -0.2) is 18.1 Å². The van der Waals surface area contributed by atoms with Gasteiger partial charge in [-0.25, -0.2) is 9.37 Å². The van der Waals surface area contributed by atoms with E-state index >= 15 is 0 Å². The molecule has 0 atom stereocenters. The fourth-order valence-electron chi connectivity index (χ4n) is 2.68. The summed E-state index contributed by atoms with van der Waals surface area (Å²) in [7, 11) is 0. The van der Waals surface area contributed by atoms with Gasteiger partial charge in [0.2, 0.25) is 0 Å². The first kappa shape index (κ1) is 14.5. The second-order valence-electron chi connectivity index (χ2n) is 5.09. The molecule has 1 aliphatic heterocycles. The van der Waals surface area contributed by atoms with Gasteiger partial charge in [-0.1, -0.05) is 13.0 Å².